The summed E-state index contributed by atoms with van der Waals surface area (Å²) < 4.78 is 11.1. The molecular formula is C33H34N2O2S2. The molecule has 0 saturated carbocycles. The summed E-state index contributed by atoms with van der Waals surface area (Å²) in [5.74, 6) is 1.69. The quantitative estimate of drug-likeness (QED) is 0.218. The second-order valence-electron chi connectivity index (χ2n) is 8.97. The molecule has 200 valence electrons. The zero-order valence-electron chi connectivity index (χ0n) is 23.3. The number of nitrogens with one attached hydrogen (secondary N) is 1. The van der Waals surface area contributed by atoms with Crippen LogP contribution in [0.4, 0.5) is 0 Å². The Morgan fingerprint density at radius 1 is 0.744 bits per heavy atom. The largest absolute Gasteiger partial charge is 0.497 e. The molecule has 3 aromatic heterocycles. The lowest BCUT2D eigenvalue weighted by Crippen LogP contribution is -1.98. The van der Waals surface area contributed by atoms with Crippen LogP contribution in [0.2, 0.25) is 0 Å². The number of benzene rings is 2. The molecule has 0 saturated heterocycles. The normalized spacial score (nSPS) is 13.3. The Morgan fingerprint density at radius 2 is 1.38 bits per heavy atom. The van der Waals surface area contributed by atoms with E-state index in [0.29, 0.717) is 0 Å². The fourth-order valence-corrected chi connectivity index (χ4v) is 6.73. The van der Waals surface area contributed by atoms with Gasteiger partial charge >= 0.3 is 0 Å². The Hall–Kier alpha value is -3.61. The van der Waals surface area contributed by atoms with E-state index in [1.54, 1.807) is 14.2 Å². The number of hydrogen-bond acceptors (Lipinski definition) is 5. The number of thiophene rings is 2. The molecule has 1 aliphatic heterocycles. The predicted molar refractivity (Wildman–Crippen MR) is 169 cm³/mol. The number of hydrogen-bond donors (Lipinski definition) is 1. The van der Waals surface area contributed by atoms with E-state index in [2.05, 4.69) is 73.4 Å². The Balaban J connectivity index is 0.00000151. The number of nitrogens with zero attached hydrogens (tertiary/aromatic N) is 1. The molecule has 6 heteroatoms. The van der Waals surface area contributed by atoms with Gasteiger partial charge in [-0.25, -0.2) is 4.99 Å². The van der Waals surface area contributed by atoms with Gasteiger partial charge in [-0.2, -0.15) is 0 Å². The summed E-state index contributed by atoms with van der Waals surface area (Å²) in [5, 5.41) is 2.30. The molecule has 1 N–H and O–H groups in total. The zero-order valence-corrected chi connectivity index (χ0v) is 25.0. The van der Waals surface area contributed by atoms with E-state index in [-0.39, 0.29) is 0 Å². The van der Waals surface area contributed by atoms with Gasteiger partial charge in [0.2, 0.25) is 0 Å². The van der Waals surface area contributed by atoms with Gasteiger partial charge in [0.25, 0.3) is 0 Å². The van der Waals surface area contributed by atoms with Gasteiger partial charge in [0.1, 0.15) is 11.5 Å². The van der Waals surface area contributed by atoms with Crippen LogP contribution < -0.4 is 9.47 Å². The van der Waals surface area contributed by atoms with Crippen LogP contribution in [0, 0.1) is 0 Å². The van der Waals surface area contributed by atoms with Crippen molar-refractivity contribution in [2.45, 2.75) is 40.5 Å². The van der Waals surface area contributed by atoms with Crippen molar-refractivity contribution in [2.75, 3.05) is 14.2 Å². The highest BCUT2D eigenvalue weighted by atomic mass is 32.1. The van der Waals surface area contributed by atoms with Crippen LogP contribution in [0.25, 0.3) is 33.1 Å². The van der Waals surface area contributed by atoms with Crippen LogP contribution in [-0.2, 0) is 12.8 Å². The van der Waals surface area contributed by atoms with E-state index in [9.17, 15) is 0 Å². The second-order valence-corrected chi connectivity index (χ2v) is 11.3. The lowest BCUT2D eigenvalue weighted by atomic mass is 10.0. The first-order valence-corrected chi connectivity index (χ1v) is 15.1. The molecule has 0 fully saturated rings. The maximum atomic E-state index is 5.57. The highest BCUT2D eigenvalue weighted by molar-refractivity contribution is 7.15. The molecule has 0 atom stereocenters. The average Bonchev–Trinajstić information content (AvgIpc) is 3.79. The maximum Gasteiger partial charge on any atom is 0.119 e. The number of ether oxygens (including phenoxy) is 2. The van der Waals surface area contributed by atoms with Crippen LogP contribution in [0.1, 0.15) is 59.1 Å². The number of methoxy groups -OCH3 is 2. The summed E-state index contributed by atoms with van der Waals surface area (Å²) in [7, 11) is 3.42. The summed E-state index contributed by atoms with van der Waals surface area (Å²) in [6.45, 7) is 8.38. The van der Waals surface area contributed by atoms with Crippen molar-refractivity contribution < 1.29 is 9.47 Å². The summed E-state index contributed by atoms with van der Waals surface area (Å²) in [6, 6.07) is 21.3. The number of aromatic amines is 1. The lowest BCUT2D eigenvalue weighted by molar-refractivity contribution is 0.414. The Morgan fingerprint density at radius 3 is 2.05 bits per heavy atom. The van der Waals surface area contributed by atoms with Crippen LogP contribution in [0.5, 0.6) is 11.5 Å². The standard InChI is InChI=1S/C31H28N2O2S2.C2H6/c1-5-20-9-13-28(36-20)30-24-15-18(34-3)7-11-22(24)26(32-30)17-27-23-12-8-19(35-4)16-25(23)31(33-27)29-14-10-21(6-2)37-29;1-2/h7-17,32H,5-6H2,1-4H3;1-2H3/b27-17-;. The lowest BCUT2D eigenvalue weighted by Gasteiger charge is -2.05. The Kier molecular flexibility index (Phi) is 8.05. The van der Waals surface area contributed by atoms with E-state index in [1.807, 2.05) is 48.7 Å². The topological polar surface area (TPSA) is 46.6 Å². The average molecular weight is 555 g/mol. The van der Waals surface area contributed by atoms with Crippen molar-refractivity contribution in [3.05, 3.63) is 92.1 Å². The number of H-pyrrole nitrogens is 1. The van der Waals surface area contributed by atoms with Gasteiger partial charge in [0.15, 0.2) is 0 Å². The van der Waals surface area contributed by atoms with Gasteiger partial charge in [-0.3, -0.25) is 0 Å². The molecule has 6 rings (SSSR count). The van der Waals surface area contributed by atoms with Crippen molar-refractivity contribution in [1.29, 1.82) is 0 Å². The van der Waals surface area contributed by atoms with Crippen molar-refractivity contribution >= 4 is 50.9 Å². The van der Waals surface area contributed by atoms with Crippen LogP contribution in [-0.4, -0.2) is 24.9 Å². The molecule has 0 spiro atoms. The highest BCUT2D eigenvalue weighted by Crippen LogP contribution is 2.40. The molecule has 0 amide bonds. The number of fused-ring (bicyclic) bond motifs is 2. The first kappa shape index (κ1) is 27.0. The molecule has 0 unspecified atom stereocenters. The third-order valence-electron chi connectivity index (χ3n) is 6.82. The molecule has 0 bridgehead atoms. The molecule has 4 nitrogen and oxygen atoms in total. The molecular weight excluding hydrogens is 521 g/mol. The van der Waals surface area contributed by atoms with Crippen molar-refractivity contribution in [1.82, 2.24) is 4.98 Å². The summed E-state index contributed by atoms with van der Waals surface area (Å²) >= 11 is 3.64. The van der Waals surface area contributed by atoms with Crippen molar-refractivity contribution in [2.24, 2.45) is 4.99 Å². The fourth-order valence-electron chi connectivity index (χ4n) is 4.81. The van der Waals surface area contributed by atoms with Gasteiger partial charge in [-0.1, -0.05) is 27.7 Å². The van der Waals surface area contributed by atoms with Gasteiger partial charge in [-0.05, 0) is 79.6 Å². The van der Waals surface area contributed by atoms with Gasteiger partial charge in [0, 0.05) is 37.3 Å². The predicted octanol–water partition coefficient (Wildman–Crippen LogP) is 9.48. The van der Waals surface area contributed by atoms with Gasteiger partial charge in [0.05, 0.1) is 41.1 Å². The first-order valence-electron chi connectivity index (χ1n) is 13.5. The number of rotatable bonds is 7. The van der Waals surface area contributed by atoms with E-state index in [1.165, 1.54) is 19.5 Å². The minimum Gasteiger partial charge on any atom is -0.497 e. The SMILES string of the molecule is CC.CCc1ccc(C2=N/C(=C\c3[nH]c(-c4ccc(CC)s4)c4cc(OC)ccc34)c3ccc(OC)cc32)s1. The molecule has 5 aromatic rings. The van der Waals surface area contributed by atoms with Crippen LogP contribution >= 0.6 is 22.7 Å². The van der Waals surface area contributed by atoms with E-state index in [0.717, 1.165) is 69.0 Å². The molecule has 2 aromatic carbocycles. The molecule has 39 heavy (non-hydrogen) atoms. The van der Waals surface area contributed by atoms with Gasteiger partial charge < -0.3 is 14.5 Å². The minimum absolute atomic E-state index is 0.837. The molecule has 0 radical (unpaired) electrons. The molecule has 4 heterocycles. The van der Waals surface area contributed by atoms with E-state index in [4.69, 9.17) is 14.5 Å². The highest BCUT2D eigenvalue weighted by Gasteiger charge is 2.24. The first-order chi connectivity index (χ1) is 19.1. The monoisotopic (exact) mass is 554 g/mol. The van der Waals surface area contributed by atoms with Crippen molar-refractivity contribution in [3.8, 4) is 22.1 Å². The van der Waals surface area contributed by atoms with Gasteiger partial charge in [-0.15, -0.1) is 22.7 Å². The number of aromatic nitrogens is 1. The third kappa shape index (κ3) is 5.07. The maximum absolute atomic E-state index is 5.57. The number of aryl methyl sites for hydroxylation is 2. The minimum atomic E-state index is 0.837. The van der Waals surface area contributed by atoms with E-state index < -0.39 is 0 Å². The zero-order chi connectivity index (χ0) is 27.5. The van der Waals surface area contributed by atoms with Crippen LogP contribution in [0.3, 0.4) is 0 Å². The molecule has 1 aliphatic rings. The summed E-state index contributed by atoms with van der Waals surface area (Å²) in [4.78, 5) is 14.0. The number of aliphatic imine (C=N–C) groups is 1. The fraction of sp³-hybridized carbons (Fsp3) is 0.242. The second kappa shape index (κ2) is 11.6. The van der Waals surface area contributed by atoms with Crippen LogP contribution in [0.15, 0.2) is 65.7 Å². The third-order valence-corrected chi connectivity index (χ3v) is 9.30. The smallest absolute Gasteiger partial charge is 0.119 e. The summed E-state index contributed by atoms with van der Waals surface area (Å²) in [6.07, 6.45) is 4.23. The Labute approximate surface area is 238 Å². The van der Waals surface area contributed by atoms with Crippen molar-refractivity contribution in [3.63, 3.8) is 0 Å². The summed E-state index contributed by atoms with van der Waals surface area (Å²) in [5.41, 5.74) is 6.34. The Bertz CT molecular complexity index is 1680. The molecule has 0 aliphatic carbocycles. The van der Waals surface area contributed by atoms with E-state index >= 15 is 0 Å².